The molecule has 0 bridgehead atoms. The standard InChI is InChI=1S/C25H19N5/c26-15-18-10-12-19(13-11-18)16-29-22-8-1-2-9-23(22)30(25(29)27)17-21-6-3-5-20-7-4-14-28-24(20)21/h1-14,27H,16-17H2. The lowest BCUT2D eigenvalue weighted by atomic mass is 10.1. The van der Waals surface area contributed by atoms with Gasteiger partial charge in [0.25, 0.3) is 0 Å². The van der Waals surface area contributed by atoms with Crippen molar-refractivity contribution in [1.29, 1.82) is 10.7 Å². The molecule has 0 aliphatic carbocycles. The second-order valence-corrected chi connectivity index (χ2v) is 7.29. The van der Waals surface area contributed by atoms with Gasteiger partial charge >= 0.3 is 0 Å². The van der Waals surface area contributed by atoms with Gasteiger partial charge in [-0.2, -0.15) is 5.26 Å². The van der Waals surface area contributed by atoms with E-state index in [1.54, 1.807) is 0 Å². The smallest absolute Gasteiger partial charge is 0.203 e. The zero-order valence-electron chi connectivity index (χ0n) is 16.3. The van der Waals surface area contributed by atoms with Gasteiger partial charge in [0.05, 0.1) is 41.3 Å². The number of benzene rings is 3. The zero-order chi connectivity index (χ0) is 20.5. The van der Waals surface area contributed by atoms with Crippen molar-refractivity contribution in [3.63, 3.8) is 0 Å². The summed E-state index contributed by atoms with van der Waals surface area (Å²) in [5, 5.41) is 19.0. The maximum atomic E-state index is 9.03. The average Bonchev–Trinajstić information content (AvgIpc) is 3.06. The van der Waals surface area contributed by atoms with Crippen LogP contribution in [0, 0.1) is 16.7 Å². The lowest BCUT2D eigenvalue weighted by molar-refractivity contribution is 0.665. The molecule has 2 aromatic heterocycles. The number of hydrogen-bond donors (Lipinski definition) is 1. The first kappa shape index (κ1) is 17.9. The summed E-state index contributed by atoms with van der Waals surface area (Å²) in [6.45, 7) is 1.15. The topological polar surface area (TPSA) is 70.4 Å². The van der Waals surface area contributed by atoms with Crippen molar-refractivity contribution in [3.8, 4) is 6.07 Å². The minimum Gasteiger partial charge on any atom is -0.306 e. The highest BCUT2D eigenvalue weighted by Crippen LogP contribution is 2.20. The second-order valence-electron chi connectivity index (χ2n) is 7.29. The number of fused-ring (bicyclic) bond motifs is 2. The Labute approximate surface area is 173 Å². The first-order valence-corrected chi connectivity index (χ1v) is 9.79. The van der Waals surface area contributed by atoms with Gasteiger partial charge in [0.1, 0.15) is 0 Å². The minimum atomic E-state index is 0.438. The van der Waals surface area contributed by atoms with E-state index in [0.717, 1.165) is 33.1 Å². The molecule has 5 rings (SSSR count). The molecule has 0 saturated carbocycles. The van der Waals surface area contributed by atoms with Gasteiger partial charge in [0.15, 0.2) is 0 Å². The van der Waals surface area contributed by atoms with Crippen molar-refractivity contribution in [2.75, 3.05) is 0 Å². The van der Waals surface area contributed by atoms with Gasteiger partial charge < -0.3 is 9.13 Å². The summed E-state index contributed by atoms with van der Waals surface area (Å²) in [5.74, 6) is 0. The molecule has 1 N–H and O–H groups in total. The molecule has 2 heterocycles. The molecular formula is C25H19N5. The summed E-state index contributed by atoms with van der Waals surface area (Å²) in [7, 11) is 0. The molecule has 5 heteroatoms. The molecule has 5 nitrogen and oxygen atoms in total. The summed E-state index contributed by atoms with van der Waals surface area (Å²) in [6.07, 6.45) is 1.81. The van der Waals surface area contributed by atoms with Gasteiger partial charge in [-0.15, -0.1) is 0 Å². The first-order valence-electron chi connectivity index (χ1n) is 9.79. The Balaban J connectivity index is 1.62. The molecule has 0 saturated heterocycles. The minimum absolute atomic E-state index is 0.438. The van der Waals surface area contributed by atoms with Crippen LogP contribution in [0.5, 0.6) is 0 Å². The lowest BCUT2D eigenvalue weighted by Gasteiger charge is -2.08. The van der Waals surface area contributed by atoms with E-state index >= 15 is 0 Å². The van der Waals surface area contributed by atoms with Crippen molar-refractivity contribution in [3.05, 3.63) is 107 Å². The summed E-state index contributed by atoms with van der Waals surface area (Å²) < 4.78 is 4.04. The fourth-order valence-electron chi connectivity index (χ4n) is 3.95. The number of imidazole rings is 1. The van der Waals surface area contributed by atoms with E-state index in [9.17, 15) is 0 Å². The number of nitrogens with zero attached hydrogens (tertiary/aromatic N) is 4. The van der Waals surface area contributed by atoms with Crippen LogP contribution in [0.3, 0.4) is 0 Å². The highest BCUT2D eigenvalue weighted by molar-refractivity contribution is 5.82. The van der Waals surface area contributed by atoms with Crippen LogP contribution in [0.25, 0.3) is 21.9 Å². The number of rotatable bonds is 4. The van der Waals surface area contributed by atoms with Crippen molar-refractivity contribution in [2.45, 2.75) is 13.1 Å². The molecule has 0 spiro atoms. The van der Waals surface area contributed by atoms with Crippen LogP contribution in [0.15, 0.2) is 85.1 Å². The molecule has 0 aliphatic heterocycles. The number of aromatic nitrogens is 3. The molecule has 30 heavy (non-hydrogen) atoms. The predicted octanol–water partition coefficient (Wildman–Crippen LogP) is 4.44. The van der Waals surface area contributed by atoms with E-state index < -0.39 is 0 Å². The van der Waals surface area contributed by atoms with Crippen molar-refractivity contribution in [1.82, 2.24) is 14.1 Å². The zero-order valence-corrected chi connectivity index (χ0v) is 16.3. The quantitative estimate of drug-likeness (QED) is 0.494. The normalized spacial score (nSPS) is 11.0. The van der Waals surface area contributed by atoms with E-state index in [4.69, 9.17) is 10.7 Å². The highest BCUT2D eigenvalue weighted by Gasteiger charge is 2.13. The van der Waals surface area contributed by atoms with E-state index in [1.807, 2.05) is 63.9 Å². The number of para-hydroxylation sites is 3. The van der Waals surface area contributed by atoms with Crippen LogP contribution in [0.1, 0.15) is 16.7 Å². The average molecular weight is 389 g/mol. The van der Waals surface area contributed by atoms with Gasteiger partial charge in [-0.3, -0.25) is 10.4 Å². The van der Waals surface area contributed by atoms with E-state index in [1.165, 1.54) is 0 Å². The molecule has 0 radical (unpaired) electrons. The Morgan fingerprint density at radius 3 is 2.23 bits per heavy atom. The maximum absolute atomic E-state index is 9.03. The SMILES string of the molecule is N#Cc1ccc(Cn2c(=N)n(Cc3cccc4cccnc34)c3ccccc32)cc1. The monoisotopic (exact) mass is 389 g/mol. The fraction of sp³-hybridized carbons (Fsp3) is 0.0800. The Kier molecular flexibility index (Phi) is 4.38. The van der Waals surface area contributed by atoms with Crippen LogP contribution in [-0.2, 0) is 13.1 Å². The summed E-state index contributed by atoms with van der Waals surface area (Å²) in [6, 6.07) is 28.0. The molecule has 0 atom stereocenters. The van der Waals surface area contributed by atoms with Crippen molar-refractivity contribution >= 4 is 21.9 Å². The van der Waals surface area contributed by atoms with E-state index in [2.05, 4.69) is 41.4 Å². The van der Waals surface area contributed by atoms with Gasteiger partial charge in [0.2, 0.25) is 5.62 Å². The van der Waals surface area contributed by atoms with Crippen LogP contribution < -0.4 is 5.62 Å². The Morgan fingerprint density at radius 2 is 1.50 bits per heavy atom. The maximum Gasteiger partial charge on any atom is 0.203 e. The molecule has 0 unspecified atom stereocenters. The van der Waals surface area contributed by atoms with Crippen LogP contribution in [0.4, 0.5) is 0 Å². The highest BCUT2D eigenvalue weighted by atomic mass is 15.2. The largest absolute Gasteiger partial charge is 0.306 e. The molecule has 0 amide bonds. The van der Waals surface area contributed by atoms with Gasteiger partial charge in [-0.1, -0.05) is 48.5 Å². The molecule has 3 aromatic carbocycles. The third-order valence-electron chi connectivity index (χ3n) is 5.44. The molecule has 144 valence electrons. The van der Waals surface area contributed by atoms with E-state index in [-0.39, 0.29) is 0 Å². The number of nitriles is 1. The summed E-state index contributed by atoms with van der Waals surface area (Å²) >= 11 is 0. The second kappa shape index (κ2) is 7.34. The molecule has 0 fully saturated rings. The molecular weight excluding hydrogens is 370 g/mol. The van der Waals surface area contributed by atoms with Crippen molar-refractivity contribution in [2.24, 2.45) is 0 Å². The lowest BCUT2D eigenvalue weighted by Crippen LogP contribution is -2.25. The van der Waals surface area contributed by atoms with Gasteiger partial charge in [-0.05, 0) is 41.5 Å². The number of pyridine rings is 1. The predicted molar refractivity (Wildman–Crippen MR) is 117 cm³/mol. The van der Waals surface area contributed by atoms with Crippen LogP contribution in [0.2, 0.25) is 0 Å². The van der Waals surface area contributed by atoms with Crippen molar-refractivity contribution < 1.29 is 0 Å². The summed E-state index contributed by atoms with van der Waals surface area (Å²) in [4.78, 5) is 4.57. The Bertz CT molecular complexity index is 1460. The van der Waals surface area contributed by atoms with Crippen LogP contribution >= 0.6 is 0 Å². The molecule has 5 aromatic rings. The third-order valence-corrected chi connectivity index (χ3v) is 5.44. The molecule has 0 aliphatic rings. The van der Waals surface area contributed by atoms with Gasteiger partial charge in [0, 0.05) is 11.6 Å². The first-order chi connectivity index (χ1) is 14.7. The fourth-order valence-corrected chi connectivity index (χ4v) is 3.95. The van der Waals surface area contributed by atoms with Gasteiger partial charge in [-0.25, -0.2) is 0 Å². The Hall–Kier alpha value is -4.17. The van der Waals surface area contributed by atoms with E-state index in [0.29, 0.717) is 24.3 Å². The number of nitrogens with one attached hydrogen (secondary N) is 1. The third kappa shape index (κ3) is 3.05. The Morgan fingerprint density at radius 1 is 0.800 bits per heavy atom. The number of hydrogen-bond acceptors (Lipinski definition) is 3. The summed E-state index contributed by atoms with van der Waals surface area (Å²) in [5.41, 5.74) is 6.23. The van der Waals surface area contributed by atoms with Crippen LogP contribution in [-0.4, -0.2) is 14.1 Å².